The zero-order chi connectivity index (χ0) is 15.6. The third-order valence-electron chi connectivity index (χ3n) is 3.31. The normalized spacial score (nSPS) is 11.8. The lowest BCUT2D eigenvalue weighted by molar-refractivity contribution is 0.581. The Kier molecular flexibility index (Phi) is 4.67. The number of halogens is 1. The van der Waals surface area contributed by atoms with Crippen LogP contribution >= 0.6 is 11.6 Å². The van der Waals surface area contributed by atoms with Crippen LogP contribution in [0.2, 0.25) is 5.02 Å². The Morgan fingerprint density at radius 1 is 1.43 bits per heavy atom. The molecule has 21 heavy (non-hydrogen) atoms. The van der Waals surface area contributed by atoms with Crippen molar-refractivity contribution in [3.05, 3.63) is 46.2 Å². The van der Waals surface area contributed by atoms with Crippen LogP contribution in [0.4, 0.5) is 0 Å². The van der Waals surface area contributed by atoms with Gasteiger partial charge in [-0.2, -0.15) is 5.10 Å². The molecule has 114 valence electrons. The summed E-state index contributed by atoms with van der Waals surface area (Å²) < 4.78 is 28.9. The van der Waals surface area contributed by atoms with Gasteiger partial charge in [0.15, 0.2) is 0 Å². The summed E-state index contributed by atoms with van der Waals surface area (Å²) in [5.41, 5.74) is 7.95. The number of hydrogen-bond acceptors (Lipinski definition) is 4. The van der Waals surface area contributed by atoms with Crippen molar-refractivity contribution >= 4 is 21.6 Å². The third kappa shape index (κ3) is 3.44. The SMILES string of the molecule is Cc1c(CNS(=O)(=O)c2cc(CN)ccc2Cl)cnn1C. The second kappa shape index (κ2) is 6.15. The van der Waals surface area contributed by atoms with Crippen LogP contribution in [0.5, 0.6) is 0 Å². The molecule has 0 amide bonds. The number of sulfonamides is 1. The van der Waals surface area contributed by atoms with Crippen LogP contribution in [-0.2, 0) is 30.2 Å². The number of benzene rings is 1. The summed E-state index contributed by atoms with van der Waals surface area (Å²) in [6.07, 6.45) is 1.63. The van der Waals surface area contributed by atoms with Crippen LogP contribution in [0, 0.1) is 6.92 Å². The molecular formula is C13H17ClN4O2S. The fourth-order valence-electron chi connectivity index (χ4n) is 1.85. The van der Waals surface area contributed by atoms with E-state index >= 15 is 0 Å². The lowest BCUT2D eigenvalue weighted by Gasteiger charge is -2.09. The molecule has 1 aromatic heterocycles. The molecule has 0 aliphatic carbocycles. The molecule has 0 saturated heterocycles. The molecule has 0 radical (unpaired) electrons. The fraction of sp³-hybridized carbons (Fsp3) is 0.308. The number of hydrogen-bond donors (Lipinski definition) is 2. The van der Waals surface area contributed by atoms with Gasteiger partial charge in [-0.3, -0.25) is 4.68 Å². The number of nitrogens with two attached hydrogens (primary N) is 1. The first kappa shape index (κ1) is 16.0. The molecule has 8 heteroatoms. The summed E-state index contributed by atoms with van der Waals surface area (Å²) in [5.74, 6) is 0. The predicted octanol–water partition coefficient (Wildman–Crippen LogP) is 1.32. The molecule has 2 rings (SSSR count). The van der Waals surface area contributed by atoms with Gasteiger partial charge in [-0.15, -0.1) is 0 Å². The molecular weight excluding hydrogens is 312 g/mol. The predicted molar refractivity (Wildman–Crippen MR) is 81.3 cm³/mol. The van der Waals surface area contributed by atoms with Crippen molar-refractivity contribution in [3.8, 4) is 0 Å². The van der Waals surface area contributed by atoms with E-state index < -0.39 is 10.0 Å². The minimum atomic E-state index is -3.70. The lowest BCUT2D eigenvalue weighted by atomic mass is 10.2. The summed E-state index contributed by atoms with van der Waals surface area (Å²) in [7, 11) is -1.90. The molecule has 0 aliphatic rings. The Bertz CT molecular complexity index is 756. The summed E-state index contributed by atoms with van der Waals surface area (Å²) >= 11 is 5.98. The van der Waals surface area contributed by atoms with Gasteiger partial charge in [0.05, 0.1) is 11.2 Å². The van der Waals surface area contributed by atoms with Crippen molar-refractivity contribution < 1.29 is 8.42 Å². The minimum absolute atomic E-state index is 0.0358. The Morgan fingerprint density at radius 3 is 2.71 bits per heavy atom. The van der Waals surface area contributed by atoms with Gasteiger partial charge in [0, 0.05) is 31.4 Å². The molecule has 0 unspecified atom stereocenters. The van der Waals surface area contributed by atoms with Crippen LogP contribution in [0.1, 0.15) is 16.8 Å². The Hall–Kier alpha value is -1.41. The van der Waals surface area contributed by atoms with E-state index in [1.807, 2.05) is 6.92 Å². The molecule has 2 aromatic rings. The molecule has 0 spiro atoms. The van der Waals surface area contributed by atoms with Gasteiger partial charge >= 0.3 is 0 Å². The van der Waals surface area contributed by atoms with Crippen LogP contribution < -0.4 is 10.5 Å². The highest BCUT2D eigenvalue weighted by molar-refractivity contribution is 7.89. The summed E-state index contributed by atoms with van der Waals surface area (Å²) in [4.78, 5) is 0.0358. The first-order valence-corrected chi connectivity index (χ1v) is 8.17. The average Bonchev–Trinajstić information content (AvgIpc) is 2.77. The largest absolute Gasteiger partial charge is 0.326 e. The highest BCUT2D eigenvalue weighted by atomic mass is 35.5. The maximum atomic E-state index is 12.3. The topological polar surface area (TPSA) is 90.0 Å². The maximum absolute atomic E-state index is 12.3. The number of rotatable bonds is 5. The Balaban J connectivity index is 2.24. The van der Waals surface area contributed by atoms with E-state index in [1.54, 1.807) is 24.0 Å². The first-order valence-electron chi connectivity index (χ1n) is 6.31. The van der Waals surface area contributed by atoms with E-state index in [0.29, 0.717) is 5.56 Å². The minimum Gasteiger partial charge on any atom is -0.326 e. The van der Waals surface area contributed by atoms with Crippen molar-refractivity contribution in [1.29, 1.82) is 0 Å². The van der Waals surface area contributed by atoms with Crippen molar-refractivity contribution in [2.45, 2.75) is 24.9 Å². The van der Waals surface area contributed by atoms with Gasteiger partial charge in [0.25, 0.3) is 0 Å². The number of aryl methyl sites for hydroxylation is 1. The van der Waals surface area contributed by atoms with Crippen LogP contribution in [-0.4, -0.2) is 18.2 Å². The highest BCUT2D eigenvalue weighted by Crippen LogP contribution is 2.22. The van der Waals surface area contributed by atoms with Gasteiger partial charge in [0.2, 0.25) is 10.0 Å². The van der Waals surface area contributed by atoms with Crippen molar-refractivity contribution in [2.75, 3.05) is 0 Å². The standard InChI is InChI=1S/C13H17ClN4O2S/c1-9-11(7-16-18(9)2)8-17-21(19,20)13-5-10(6-15)3-4-12(13)14/h3-5,7,17H,6,8,15H2,1-2H3. The number of nitrogens with one attached hydrogen (secondary N) is 1. The van der Waals surface area contributed by atoms with Gasteiger partial charge in [-0.05, 0) is 24.6 Å². The van der Waals surface area contributed by atoms with Gasteiger partial charge in [-0.25, -0.2) is 13.1 Å². The zero-order valence-corrected chi connectivity index (χ0v) is 13.4. The van der Waals surface area contributed by atoms with E-state index in [2.05, 4.69) is 9.82 Å². The molecule has 3 N–H and O–H groups in total. The number of nitrogens with zero attached hydrogens (tertiary/aromatic N) is 2. The lowest BCUT2D eigenvalue weighted by Crippen LogP contribution is -2.24. The van der Waals surface area contributed by atoms with Crippen molar-refractivity contribution in [3.63, 3.8) is 0 Å². The van der Waals surface area contributed by atoms with Crippen molar-refractivity contribution in [2.24, 2.45) is 12.8 Å². The average molecular weight is 329 g/mol. The van der Waals surface area contributed by atoms with Crippen LogP contribution in [0.25, 0.3) is 0 Å². The van der Waals surface area contributed by atoms with Gasteiger partial charge in [-0.1, -0.05) is 17.7 Å². The molecule has 0 fully saturated rings. The zero-order valence-electron chi connectivity index (χ0n) is 11.8. The molecule has 1 heterocycles. The monoisotopic (exact) mass is 328 g/mol. The smallest absolute Gasteiger partial charge is 0.242 e. The molecule has 6 nitrogen and oxygen atoms in total. The van der Waals surface area contributed by atoms with E-state index in [-0.39, 0.29) is 23.0 Å². The molecule has 0 bridgehead atoms. The molecule has 0 aliphatic heterocycles. The van der Waals surface area contributed by atoms with E-state index in [1.165, 1.54) is 12.1 Å². The maximum Gasteiger partial charge on any atom is 0.242 e. The van der Waals surface area contributed by atoms with Gasteiger partial charge in [0.1, 0.15) is 4.90 Å². The second-order valence-electron chi connectivity index (χ2n) is 4.67. The second-order valence-corrected chi connectivity index (χ2v) is 6.81. The third-order valence-corrected chi connectivity index (χ3v) is 5.19. The molecule has 0 atom stereocenters. The quantitative estimate of drug-likeness (QED) is 0.866. The van der Waals surface area contributed by atoms with E-state index in [0.717, 1.165) is 11.3 Å². The van der Waals surface area contributed by atoms with Crippen molar-refractivity contribution in [1.82, 2.24) is 14.5 Å². The summed E-state index contributed by atoms with van der Waals surface area (Å²) in [6.45, 7) is 2.28. The van der Waals surface area contributed by atoms with Gasteiger partial charge < -0.3 is 5.73 Å². The Morgan fingerprint density at radius 2 is 2.14 bits per heavy atom. The van der Waals surface area contributed by atoms with Crippen LogP contribution in [0.3, 0.4) is 0 Å². The van der Waals surface area contributed by atoms with E-state index in [4.69, 9.17) is 17.3 Å². The fourth-order valence-corrected chi connectivity index (χ4v) is 3.40. The highest BCUT2D eigenvalue weighted by Gasteiger charge is 2.19. The van der Waals surface area contributed by atoms with E-state index in [9.17, 15) is 8.42 Å². The van der Waals surface area contributed by atoms with Crippen LogP contribution in [0.15, 0.2) is 29.3 Å². The number of aromatic nitrogens is 2. The Labute approximate surface area is 129 Å². The summed E-state index contributed by atoms with van der Waals surface area (Å²) in [6, 6.07) is 4.72. The molecule has 0 saturated carbocycles. The molecule has 1 aromatic carbocycles. The first-order chi connectivity index (χ1) is 9.85. The summed E-state index contributed by atoms with van der Waals surface area (Å²) in [5, 5.41) is 4.24.